The number of nitrogens with zero attached hydrogens (tertiary/aromatic N) is 1. The van der Waals surface area contributed by atoms with Gasteiger partial charge < -0.3 is 0 Å². The lowest BCUT2D eigenvalue weighted by Crippen LogP contribution is -2.38. The predicted octanol–water partition coefficient (Wildman–Crippen LogP) is 2.89. The number of sulfonamides is 1. The maximum Gasteiger partial charge on any atom is 0.244 e. The normalized spacial score (nSPS) is 19.4. The number of hydrogen-bond acceptors (Lipinski definition) is 2. The molecular formula is C11H13BrClNO2S. The summed E-state index contributed by atoms with van der Waals surface area (Å²) in [5.74, 6) is 0. The summed E-state index contributed by atoms with van der Waals surface area (Å²) in [6.45, 7) is 1.09. The van der Waals surface area contributed by atoms with Gasteiger partial charge in [0.1, 0.15) is 4.90 Å². The molecule has 1 aliphatic rings. The fourth-order valence-corrected chi connectivity index (χ4v) is 4.23. The zero-order valence-corrected chi connectivity index (χ0v) is 12.3. The molecule has 1 aromatic rings. The van der Waals surface area contributed by atoms with Crippen molar-refractivity contribution in [2.45, 2.75) is 22.6 Å². The molecule has 0 amide bonds. The van der Waals surface area contributed by atoms with Crippen LogP contribution in [0, 0.1) is 0 Å². The summed E-state index contributed by atoms with van der Waals surface area (Å²) >= 11 is 9.45. The van der Waals surface area contributed by atoms with Gasteiger partial charge in [0.15, 0.2) is 0 Å². The van der Waals surface area contributed by atoms with Crippen LogP contribution in [0.5, 0.6) is 0 Å². The zero-order chi connectivity index (χ0) is 12.5. The van der Waals surface area contributed by atoms with E-state index < -0.39 is 10.0 Å². The van der Waals surface area contributed by atoms with E-state index >= 15 is 0 Å². The van der Waals surface area contributed by atoms with Crippen molar-refractivity contribution in [1.29, 1.82) is 0 Å². The molecule has 1 saturated heterocycles. The quantitative estimate of drug-likeness (QED) is 0.778. The molecule has 1 fully saturated rings. The Morgan fingerprint density at radius 1 is 1.24 bits per heavy atom. The third kappa shape index (κ3) is 2.84. The molecule has 2 rings (SSSR count). The fourth-order valence-electron chi connectivity index (χ4n) is 1.86. The summed E-state index contributed by atoms with van der Waals surface area (Å²) < 4.78 is 26.2. The second kappa shape index (κ2) is 5.26. The number of rotatable bonds is 2. The van der Waals surface area contributed by atoms with E-state index in [0.29, 0.717) is 17.9 Å². The van der Waals surface area contributed by atoms with Crippen LogP contribution in [0.4, 0.5) is 0 Å². The number of alkyl halides is 1. The van der Waals surface area contributed by atoms with Crippen molar-refractivity contribution in [3.05, 3.63) is 29.3 Å². The Kier molecular flexibility index (Phi) is 4.13. The summed E-state index contributed by atoms with van der Waals surface area (Å²) in [5.41, 5.74) is 0. The molecule has 94 valence electrons. The monoisotopic (exact) mass is 337 g/mol. The number of hydrogen-bond donors (Lipinski definition) is 0. The van der Waals surface area contributed by atoms with Crippen LogP contribution in [0.15, 0.2) is 29.2 Å². The summed E-state index contributed by atoms with van der Waals surface area (Å²) in [4.78, 5) is 0.620. The first-order valence-corrected chi connectivity index (χ1v) is 8.14. The van der Waals surface area contributed by atoms with Crippen LogP contribution in [-0.4, -0.2) is 30.6 Å². The Morgan fingerprint density at radius 3 is 2.41 bits per heavy atom. The van der Waals surface area contributed by atoms with Crippen LogP contribution in [0.2, 0.25) is 5.02 Å². The molecule has 0 N–H and O–H groups in total. The molecular weight excluding hydrogens is 326 g/mol. The minimum absolute atomic E-state index is 0.203. The third-order valence-electron chi connectivity index (χ3n) is 2.84. The number of benzene rings is 1. The maximum absolute atomic E-state index is 12.3. The van der Waals surface area contributed by atoms with E-state index in [1.54, 1.807) is 24.3 Å². The van der Waals surface area contributed by atoms with Gasteiger partial charge in [-0.15, -0.1) is 0 Å². The van der Waals surface area contributed by atoms with Crippen molar-refractivity contribution < 1.29 is 8.42 Å². The predicted molar refractivity (Wildman–Crippen MR) is 72.2 cm³/mol. The molecule has 17 heavy (non-hydrogen) atoms. The highest BCUT2D eigenvalue weighted by atomic mass is 79.9. The van der Waals surface area contributed by atoms with Gasteiger partial charge in [0.25, 0.3) is 0 Å². The van der Waals surface area contributed by atoms with Gasteiger partial charge in [-0.05, 0) is 25.0 Å². The van der Waals surface area contributed by atoms with Crippen molar-refractivity contribution in [2.75, 3.05) is 13.1 Å². The molecule has 1 aromatic carbocycles. The summed E-state index contributed by atoms with van der Waals surface area (Å²) in [5, 5.41) is 0.286. The lowest BCUT2D eigenvalue weighted by molar-refractivity contribution is 0.354. The van der Waals surface area contributed by atoms with Crippen LogP contribution in [0.3, 0.4) is 0 Å². The highest BCUT2D eigenvalue weighted by Gasteiger charge is 2.29. The molecule has 3 nitrogen and oxygen atoms in total. The van der Waals surface area contributed by atoms with Crippen molar-refractivity contribution in [1.82, 2.24) is 4.31 Å². The first-order chi connectivity index (χ1) is 8.01. The third-order valence-corrected chi connectivity index (χ3v) is 6.15. The van der Waals surface area contributed by atoms with Crippen molar-refractivity contribution in [3.8, 4) is 0 Å². The van der Waals surface area contributed by atoms with Gasteiger partial charge in [-0.25, -0.2) is 8.42 Å². The molecule has 0 aliphatic carbocycles. The Balaban J connectivity index is 2.28. The molecule has 0 spiro atoms. The Bertz CT molecular complexity index is 498. The molecule has 1 heterocycles. The van der Waals surface area contributed by atoms with E-state index in [2.05, 4.69) is 15.9 Å². The lowest BCUT2D eigenvalue weighted by atomic mass is 10.2. The van der Waals surface area contributed by atoms with Gasteiger partial charge in [0.05, 0.1) is 5.02 Å². The van der Waals surface area contributed by atoms with E-state index in [1.807, 2.05) is 0 Å². The standard InChI is InChI=1S/C11H13BrClNO2S/c12-9-5-7-14(8-6-9)17(15,16)11-4-2-1-3-10(11)13/h1-4,9H,5-8H2. The van der Waals surface area contributed by atoms with Crippen LogP contribution in [-0.2, 0) is 10.0 Å². The van der Waals surface area contributed by atoms with Crippen LogP contribution < -0.4 is 0 Å². The molecule has 0 aromatic heterocycles. The van der Waals surface area contributed by atoms with Crippen LogP contribution in [0.1, 0.15) is 12.8 Å². The highest BCUT2D eigenvalue weighted by Crippen LogP contribution is 2.27. The van der Waals surface area contributed by atoms with Gasteiger partial charge in [0, 0.05) is 17.9 Å². The average Bonchev–Trinajstić information content (AvgIpc) is 2.30. The molecule has 0 bridgehead atoms. The molecule has 1 aliphatic heterocycles. The van der Waals surface area contributed by atoms with Gasteiger partial charge in [-0.3, -0.25) is 0 Å². The maximum atomic E-state index is 12.3. The van der Waals surface area contributed by atoms with E-state index in [0.717, 1.165) is 12.8 Å². The van der Waals surface area contributed by atoms with E-state index in [-0.39, 0.29) is 9.92 Å². The first kappa shape index (κ1) is 13.3. The van der Waals surface area contributed by atoms with Crippen LogP contribution >= 0.6 is 27.5 Å². The second-order valence-corrected chi connectivity index (χ2v) is 7.62. The number of piperidine rings is 1. The Morgan fingerprint density at radius 2 is 1.82 bits per heavy atom. The SMILES string of the molecule is O=S(=O)(c1ccccc1Cl)N1CCC(Br)CC1. The summed E-state index contributed by atoms with van der Waals surface area (Å²) in [6.07, 6.45) is 1.67. The van der Waals surface area contributed by atoms with E-state index in [9.17, 15) is 8.42 Å². The molecule has 0 saturated carbocycles. The summed E-state index contributed by atoms with van der Waals surface area (Å²) in [6, 6.07) is 6.58. The molecule has 0 radical (unpaired) electrons. The minimum atomic E-state index is -3.44. The van der Waals surface area contributed by atoms with Crippen molar-refractivity contribution in [3.63, 3.8) is 0 Å². The van der Waals surface area contributed by atoms with Gasteiger partial charge in [-0.2, -0.15) is 4.31 Å². The Labute approximate surface area is 115 Å². The van der Waals surface area contributed by atoms with Crippen molar-refractivity contribution in [2.24, 2.45) is 0 Å². The average molecular weight is 339 g/mol. The molecule has 6 heteroatoms. The van der Waals surface area contributed by atoms with Gasteiger partial charge >= 0.3 is 0 Å². The smallest absolute Gasteiger partial charge is 0.207 e. The lowest BCUT2D eigenvalue weighted by Gasteiger charge is -2.28. The molecule has 0 unspecified atom stereocenters. The molecule has 0 atom stereocenters. The zero-order valence-electron chi connectivity index (χ0n) is 9.14. The van der Waals surface area contributed by atoms with E-state index in [1.165, 1.54) is 4.31 Å². The van der Waals surface area contributed by atoms with Crippen molar-refractivity contribution >= 4 is 37.6 Å². The second-order valence-electron chi connectivity index (χ2n) is 4.01. The minimum Gasteiger partial charge on any atom is -0.207 e. The largest absolute Gasteiger partial charge is 0.244 e. The van der Waals surface area contributed by atoms with Crippen LogP contribution in [0.25, 0.3) is 0 Å². The summed E-state index contributed by atoms with van der Waals surface area (Å²) in [7, 11) is -3.44. The first-order valence-electron chi connectivity index (χ1n) is 5.40. The van der Waals surface area contributed by atoms with Gasteiger partial charge in [-0.1, -0.05) is 39.7 Å². The topological polar surface area (TPSA) is 37.4 Å². The van der Waals surface area contributed by atoms with E-state index in [4.69, 9.17) is 11.6 Å². The number of halogens is 2. The Hall–Kier alpha value is -0.100. The highest BCUT2D eigenvalue weighted by molar-refractivity contribution is 9.09. The van der Waals surface area contributed by atoms with Gasteiger partial charge in [0.2, 0.25) is 10.0 Å². The fraction of sp³-hybridized carbons (Fsp3) is 0.455.